The fraction of sp³-hybridized carbons (Fsp3) is 0.714. The van der Waals surface area contributed by atoms with Crippen molar-refractivity contribution in [3.63, 3.8) is 0 Å². The lowest BCUT2D eigenvalue weighted by atomic mass is 9.99. The fourth-order valence-electron chi connectivity index (χ4n) is 3.37. The smallest absolute Gasteiger partial charge is 0.224 e. The van der Waals surface area contributed by atoms with Crippen LogP contribution in [0.4, 0.5) is 0 Å². The number of nitrogens with one attached hydrogen (secondary N) is 2. The van der Waals surface area contributed by atoms with Crippen molar-refractivity contribution in [1.82, 2.24) is 15.8 Å². The number of rotatable bonds is 3. The van der Waals surface area contributed by atoms with E-state index in [4.69, 9.17) is 4.52 Å². The summed E-state index contributed by atoms with van der Waals surface area (Å²) < 4.78 is 5.09. The van der Waals surface area contributed by atoms with E-state index >= 15 is 0 Å². The maximum atomic E-state index is 12.1. The largest absolute Gasteiger partial charge is 0.361 e. The number of amides is 1. The molecule has 104 valence electrons. The van der Waals surface area contributed by atoms with Crippen LogP contribution in [-0.2, 0) is 11.2 Å². The first kappa shape index (κ1) is 12.7. The quantitative estimate of drug-likeness (QED) is 0.861. The molecule has 1 aromatic rings. The zero-order valence-corrected chi connectivity index (χ0v) is 11.5. The molecule has 2 atom stereocenters. The van der Waals surface area contributed by atoms with Gasteiger partial charge in [-0.05, 0) is 39.5 Å². The summed E-state index contributed by atoms with van der Waals surface area (Å²) in [7, 11) is 0. The van der Waals surface area contributed by atoms with Gasteiger partial charge in [-0.15, -0.1) is 0 Å². The van der Waals surface area contributed by atoms with Crippen molar-refractivity contribution in [3.05, 3.63) is 17.0 Å². The highest BCUT2D eigenvalue weighted by Crippen LogP contribution is 2.26. The van der Waals surface area contributed by atoms with Crippen molar-refractivity contribution < 1.29 is 9.32 Å². The van der Waals surface area contributed by atoms with E-state index in [1.165, 1.54) is 12.8 Å². The molecule has 2 fully saturated rings. The Morgan fingerprint density at radius 2 is 2.05 bits per heavy atom. The van der Waals surface area contributed by atoms with Crippen LogP contribution in [0.5, 0.6) is 0 Å². The normalized spacial score (nSPS) is 29.5. The first-order valence-corrected chi connectivity index (χ1v) is 7.09. The second-order valence-electron chi connectivity index (χ2n) is 5.85. The molecule has 3 rings (SSSR count). The molecule has 2 saturated heterocycles. The minimum atomic E-state index is 0.0840. The molecule has 2 N–H and O–H groups in total. The number of fused-ring (bicyclic) bond motifs is 2. The lowest BCUT2D eigenvalue weighted by Crippen LogP contribution is -2.48. The molecule has 2 unspecified atom stereocenters. The van der Waals surface area contributed by atoms with Gasteiger partial charge >= 0.3 is 0 Å². The molecule has 0 aliphatic carbocycles. The van der Waals surface area contributed by atoms with Gasteiger partial charge in [-0.2, -0.15) is 0 Å². The van der Waals surface area contributed by atoms with E-state index < -0.39 is 0 Å². The molecule has 2 aliphatic rings. The molecule has 1 amide bonds. The summed E-state index contributed by atoms with van der Waals surface area (Å²) in [5, 5.41) is 10.6. The molecular formula is C14H21N3O2. The van der Waals surface area contributed by atoms with E-state index in [-0.39, 0.29) is 5.91 Å². The topological polar surface area (TPSA) is 67.2 Å². The highest BCUT2D eigenvalue weighted by Gasteiger charge is 2.34. The summed E-state index contributed by atoms with van der Waals surface area (Å²) in [6.45, 7) is 3.73. The summed E-state index contributed by atoms with van der Waals surface area (Å²) >= 11 is 0. The number of hydrogen-bond acceptors (Lipinski definition) is 4. The molecule has 2 bridgehead atoms. The Morgan fingerprint density at radius 3 is 2.63 bits per heavy atom. The first-order chi connectivity index (χ1) is 9.11. The summed E-state index contributed by atoms with van der Waals surface area (Å²) in [6.07, 6.45) is 5.00. The van der Waals surface area contributed by atoms with Crippen LogP contribution in [0, 0.1) is 13.8 Å². The van der Waals surface area contributed by atoms with E-state index in [1.807, 2.05) is 13.8 Å². The van der Waals surface area contributed by atoms with E-state index in [1.54, 1.807) is 0 Å². The van der Waals surface area contributed by atoms with E-state index in [9.17, 15) is 4.79 Å². The number of nitrogens with zero attached hydrogens (tertiary/aromatic N) is 1. The van der Waals surface area contributed by atoms with Crippen molar-refractivity contribution in [3.8, 4) is 0 Å². The lowest BCUT2D eigenvalue weighted by molar-refractivity contribution is -0.121. The minimum absolute atomic E-state index is 0.0840. The van der Waals surface area contributed by atoms with E-state index in [2.05, 4.69) is 15.8 Å². The van der Waals surface area contributed by atoms with Gasteiger partial charge in [0.15, 0.2) is 0 Å². The summed E-state index contributed by atoms with van der Waals surface area (Å²) in [6, 6.07) is 1.53. The summed E-state index contributed by atoms with van der Waals surface area (Å²) in [4.78, 5) is 12.1. The average molecular weight is 263 g/mol. The zero-order valence-electron chi connectivity index (χ0n) is 11.5. The summed E-state index contributed by atoms with van der Waals surface area (Å²) in [5.41, 5.74) is 1.74. The highest BCUT2D eigenvalue weighted by atomic mass is 16.5. The molecule has 5 nitrogen and oxygen atoms in total. The molecule has 1 aromatic heterocycles. The Bertz CT molecular complexity index is 452. The number of carbonyl (C=O) groups excluding carboxylic acids is 1. The summed E-state index contributed by atoms with van der Waals surface area (Å²) in [5.74, 6) is 0.832. The molecule has 0 aromatic carbocycles. The van der Waals surface area contributed by atoms with Crippen LogP contribution in [-0.4, -0.2) is 29.2 Å². The van der Waals surface area contributed by atoms with Gasteiger partial charge in [0, 0.05) is 23.7 Å². The number of aryl methyl sites for hydroxylation is 2. The highest BCUT2D eigenvalue weighted by molar-refractivity contribution is 5.79. The van der Waals surface area contributed by atoms with E-state index in [0.717, 1.165) is 29.9 Å². The number of aromatic nitrogens is 1. The second-order valence-corrected chi connectivity index (χ2v) is 5.85. The van der Waals surface area contributed by atoms with Gasteiger partial charge in [0.05, 0.1) is 12.1 Å². The van der Waals surface area contributed by atoms with Crippen molar-refractivity contribution in [2.75, 3.05) is 0 Å². The van der Waals surface area contributed by atoms with Gasteiger partial charge in [0.25, 0.3) is 0 Å². The predicted octanol–water partition coefficient (Wildman–Crippen LogP) is 1.23. The van der Waals surface area contributed by atoms with E-state index in [0.29, 0.717) is 24.5 Å². The van der Waals surface area contributed by atoms with Gasteiger partial charge in [-0.1, -0.05) is 5.16 Å². The Labute approximate surface area is 113 Å². The van der Waals surface area contributed by atoms with Crippen molar-refractivity contribution in [2.45, 2.75) is 64.1 Å². The van der Waals surface area contributed by atoms with Gasteiger partial charge in [0.2, 0.25) is 5.91 Å². The van der Waals surface area contributed by atoms with Gasteiger partial charge in [-0.3, -0.25) is 4.79 Å². The van der Waals surface area contributed by atoms with Crippen molar-refractivity contribution in [2.24, 2.45) is 0 Å². The number of piperidine rings is 1. The van der Waals surface area contributed by atoms with Gasteiger partial charge < -0.3 is 15.2 Å². The Hall–Kier alpha value is -1.36. The predicted molar refractivity (Wildman–Crippen MR) is 70.8 cm³/mol. The molecule has 0 saturated carbocycles. The molecule has 2 aliphatic heterocycles. The molecule has 3 heterocycles. The van der Waals surface area contributed by atoms with Gasteiger partial charge in [-0.25, -0.2) is 0 Å². The number of hydrogen-bond donors (Lipinski definition) is 2. The second kappa shape index (κ2) is 4.96. The molecule has 19 heavy (non-hydrogen) atoms. The third kappa shape index (κ3) is 2.66. The number of carbonyl (C=O) groups is 1. The third-order valence-electron chi connectivity index (χ3n) is 4.36. The van der Waals surface area contributed by atoms with Crippen LogP contribution in [0.25, 0.3) is 0 Å². The van der Waals surface area contributed by atoms with Crippen LogP contribution >= 0.6 is 0 Å². The lowest BCUT2D eigenvalue weighted by Gasteiger charge is -2.29. The molecular weight excluding hydrogens is 242 g/mol. The first-order valence-electron chi connectivity index (χ1n) is 7.09. The monoisotopic (exact) mass is 263 g/mol. The van der Waals surface area contributed by atoms with Crippen LogP contribution in [0.1, 0.15) is 42.7 Å². The zero-order chi connectivity index (χ0) is 13.4. The Morgan fingerprint density at radius 1 is 1.37 bits per heavy atom. The Kier molecular flexibility index (Phi) is 3.31. The Balaban J connectivity index is 1.57. The maximum absolute atomic E-state index is 12.1. The molecule has 0 radical (unpaired) electrons. The van der Waals surface area contributed by atoms with Crippen LogP contribution in [0.2, 0.25) is 0 Å². The van der Waals surface area contributed by atoms with Crippen molar-refractivity contribution in [1.29, 1.82) is 0 Å². The van der Waals surface area contributed by atoms with Crippen LogP contribution in [0.3, 0.4) is 0 Å². The fourth-order valence-corrected chi connectivity index (χ4v) is 3.37. The molecule has 0 spiro atoms. The minimum Gasteiger partial charge on any atom is -0.361 e. The van der Waals surface area contributed by atoms with Gasteiger partial charge in [0.1, 0.15) is 5.76 Å². The van der Waals surface area contributed by atoms with Crippen LogP contribution < -0.4 is 10.6 Å². The maximum Gasteiger partial charge on any atom is 0.224 e. The third-order valence-corrected chi connectivity index (χ3v) is 4.36. The SMILES string of the molecule is Cc1noc(C)c1CC(=O)NC1CC2CCC(C1)N2. The average Bonchev–Trinajstić information content (AvgIpc) is 2.86. The van der Waals surface area contributed by atoms with Crippen molar-refractivity contribution >= 4 is 5.91 Å². The standard InChI is InChI=1S/C14H21N3O2/c1-8-13(9(2)19-17-8)7-14(18)16-12-5-10-3-4-11(6-12)15-10/h10-12,15H,3-7H2,1-2H3,(H,16,18). The van der Waals surface area contributed by atoms with Crippen LogP contribution in [0.15, 0.2) is 4.52 Å². The molecule has 5 heteroatoms.